The van der Waals surface area contributed by atoms with Gasteiger partial charge in [-0.2, -0.15) is 13.2 Å². The Labute approximate surface area is 205 Å². The fraction of sp³-hybridized carbons (Fsp3) is 0.783. The second-order valence-corrected chi connectivity index (χ2v) is 15.7. The minimum atomic E-state index is -4.50. The maximum Gasteiger partial charge on any atom is 0.419 e. The van der Waals surface area contributed by atoms with Crippen LogP contribution in [0, 0.1) is 0 Å². The van der Waals surface area contributed by atoms with Crippen LogP contribution in [0.1, 0.15) is 46.1 Å². The Kier molecular flexibility index (Phi) is 8.19. The zero-order valence-electron chi connectivity index (χ0n) is 21.3. The van der Waals surface area contributed by atoms with Gasteiger partial charge < -0.3 is 24.1 Å². The van der Waals surface area contributed by atoms with Crippen molar-refractivity contribution in [2.24, 2.45) is 0 Å². The Hall–Kier alpha value is -1.76. The van der Waals surface area contributed by atoms with Crippen LogP contribution in [0.4, 0.5) is 19.1 Å². The number of hydrogen-bond donors (Lipinski definition) is 1. The number of alkyl halides is 3. The third-order valence-electron chi connectivity index (χ3n) is 7.15. The molecule has 0 bridgehead atoms. The monoisotopic (exact) mass is 518 g/mol. The molecule has 198 valence electrons. The van der Waals surface area contributed by atoms with Crippen LogP contribution in [-0.4, -0.2) is 84.8 Å². The van der Waals surface area contributed by atoms with Crippen molar-refractivity contribution in [3.63, 3.8) is 0 Å². The molecule has 0 unspecified atom stereocenters. The van der Waals surface area contributed by atoms with Gasteiger partial charge in [0.1, 0.15) is 6.10 Å². The maximum atomic E-state index is 13.1. The van der Waals surface area contributed by atoms with Crippen molar-refractivity contribution in [3.8, 4) is 0 Å². The van der Waals surface area contributed by atoms with E-state index < -0.39 is 32.3 Å². The van der Waals surface area contributed by atoms with Gasteiger partial charge in [0.15, 0.2) is 8.32 Å². The molecule has 2 aliphatic rings. The molecule has 2 fully saturated rings. The highest BCUT2D eigenvalue weighted by Crippen LogP contribution is 2.39. The van der Waals surface area contributed by atoms with Gasteiger partial charge >= 0.3 is 6.18 Å². The number of carbonyl (C=O) groups is 1. The van der Waals surface area contributed by atoms with Gasteiger partial charge in [-0.15, -0.1) is 0 Å². The molecule has 2 aliphatic heterocycles. The molecule has 0 radical (unpaired) electrons. The van der Waals surface area contributed by atoms with Crippen LogP contribution in [0.3, 0.4) is 0 Å². The van der Waals surface area contributed by atoms with E-state index in [0.29, 0.717) is 32.5 Å². The van der Waals surface area contributed by atoms with Gasteiger partial charge in [-0.1, -0.05) is 20.8 Å². The van der Waals surface area contributed by atoms with Gasteiger partial charge in [-0.05, 0) is 31.5 Å². The highest BCUT2D eigenvalue weighted by molar-refractivity contribution is 6.74. The van der Waals surface area contributed by atoms with Gasteiger partial charge in [0, 0.05) is 38.4 Å². The van der Waals surface area contributed by atoms with E-state index in [1.807, 2.05) is 9.80 Å². The number of likely N-dealkylation sites (tertiary alicyclic amines) is 1. The third-order valence-corrected chi connectivity index (χ3v) is 11.7. The van der Waals surface area contributed by atoms with E-state index >= 15 is 0 Å². The van der Waals surface area contributed by atoms with Crippen molar-refractivity contribution >= 4 is 20.2 Å². The van der Waals surface area contributed by atoms with Crippen molar-refractivity contribution in [1.29, 1.82) is 0 Å². The first-order chi connectivity index (χ1) is 16.1. The molecule has 0 saturated carbocycles. The molecule has 0 spiro atoms. The first-order valence-corrected chi connectivity index (χ1v) is 14.9. The lowest BCUT2D eigenvalue weighted by atomic mass is 10.0. The van der Waals surface area contributed by atoms with Gasteiger partial charge in [-0.3, -0.25) is 4.79 Å². The lowest BCUT2D eigenvalue weighted by molar-refractivity contribution is -0.142. The summed E-state index contributed by atoms with van der Waals surface area (Å²) in [5.41, 5.74) is -0.892. The van der Waals surface area contributed by atoms with Crippen LogP contribution >= 0.6 is 0 Å². The molecular weight excluding hydrogens is 481 g/mol. The average molecular weight is 519 g/mol. The van der Waals surface area contributed by atoms with Crippen molar-refractivity contribution in [2.75, 3.05) is 31.1 Å². The number of aromatic nitrogens is 2. The van der Waals surface area contributed by atoms with E-state index in [0.717, 1.165) is 12.4 Å². The molecule has 2 saturated heterocycles. The van der Waals surface area contributed by atoms with Crippen molar-refractivity contribution in [2.45, 2.75) is 89.2 Å². The number of carbonyl (C=O) groups excluding carboxylic acids is 1. The maximum absolute atomic E-state index is 13.1. The molecule has 3 heterocycles. The Bertz CT molecular complexity index is 877. The first kappa shape index (κ1) is 27.8. The molecule has 3 rings (SSSR count). The highest BCUT2D eigenvalue weighted by Gasteiger charge is 2.47. The summed E-state index contributed by atoms with van der Waals surface area (Å²) in [5, 5.41) is 9.45. The van der Waals surface area contributed by atoms with E-state index in [-0.39, 0.29) is 35.6 Å². The minimum absolute atomic E-state index is 0.0669. The van der Waals surface area contributed by atoms with Crippen molar-refractivity contribution in [3.05, 3.63) is 18.0 Å². The lowest BCUT2D eigenvalue weighted by Crippen LogP contribution is -2.60. The number of amides is 1. The zero-order valence-corrected chi connectivity index (χ0v) is 22.3. The SMILES string of the molecule is C[C@H](O)CO[C@H]1CCN([C@H]2CCN(c3ncc(C(F)(F)F)cn3)C[C@@H]2O[Si](C)(C)C(C)(C)C)C1=O. The van der Waals surface area contributed by atoms with Gasteiger partial charge in [0.25, 0.3) is 5.91 Å². The van der Waals surface area contributed by atoms with Crippen LogP contribution in [0.15, 0.2) is 12.4 Å². The number of hydrogen-bond acceptors (Lipinski definition) is 7. The summed E-state index contributed by atoms with van der Waals surface area (Å²) in [6.45, 7) is 13.8. The lowest BCUT2D eigenvalue weighted by Gasteiger charge is -2.47. The first-order valence-electron chi connectivity index (χ1n) is 12.0. The van der Waals surface area contributed by atoms with Crippen LogP contribution < -0.4 is 4.90 Å². The Morgan fingerprint density at radius 2 is 1.80 bits per heavy atom. The molecule has 1 aromatic rings. The normalized spacial score (nSPS) is 25.3. The number of aliphatic hydroxyl groups is 1. The standard InChI is InChI=1S/C23H37F3N4O4Si/c1-15(31)14-33-18-8-10-30(20(18)32)17-7-9-29(13-19(17)34-35(5,6)22(2,3)4)21-27-11-16(12-28-21)23(24,25)26/h11-12,15,17-19,31H,7-10,13-14H2,1-6H3/t15-,17-,18-,19-/m0/s1. The topological polar surface area (TPSA) is 88.0 Å². The molecule has 0 aromatic carbocycles. The zero-order chi connectivity index (χ0) is 26.2. The molecule has 1 amide bonds. The molecule has 1 aromatic heterocycles. The molecule has 8 nitrogen and oxygen atoms in total. The smallest absolute Gasteiger partial charge is 0.410 e. The van der Waals surface area contributed by atoms with Gasteiger partial charge in [0.05, 0.1) is 30.4 Å². The second kappa shape index (κ2) is 10.3. The van der Waals surface area contributed by atoms with E-state index in [9.17, 15) is 23.1 Å². The Morgan fingerprint density at radius 1 is 1.17 bits per heavy atom. The van der Waals surface area contributed by atoms with E-state index in [1.54, 1.807) is 6.92 Å². The van der Waals surface area contributed by atoms with Crippen LogP contribution in [0.2, 0.25) is 18.1 Å². The summed E-state index contributed by atoms with van der Waals surface area (Å²) >= 11 is 0. The van der Waals surface area contributed by atoms with E-state index in [1.165, 1.54) is 0 Å². The summed E-state index contributed by atoms with van der Waals surface area (Å²) in [6.07, 6.45) is -3.39. The summed E-state index contributed by atoms with van der Waals surface area (Å²) in [6, 6.07) is -0.192. The number of ether oxygens (including phenoxy) is 1. The molecule has 1 N–H and O–H groups in total. The van der Waals surface area contributed by atoms with Crippen LogP contribution in [0.25, 0.3) is 0 Å². The summed E-state index contributed by atoms with van der Waals surface area (Å²) in [4.78, 5) is 24.7. The fourth-order valence-electron chi connectivity index (χ4n) is 4.16. The van der Waals surface area contributed by atoms with Crippen molar-refractivity contribution < 1.29 is 32.2 Å². The molecule has 0 aliphatic carbocycles. The quantitative estimate of drug-likeness (QED) is 0.553. The molecular formula is C23H37F3N4O4Si. The predicted molar refractivity (Wildman–Crippen MR) is 127 cm³/mol. The average Bonchev–Trinajstić information content (AvgIpc) is 3.10. The summed E-state index contributed by atoms with van der Waals surface area (Å²) in [5.74, 6) is 0.102. The molecule has 35 heavy (non-hydrogen) atoms. The molecule has 12 heteroatoms. The van der Waals surface area contributed by atoms with Crippen LogP contribution in [-0.2, 0) is 20.1 Å². The fourth-order valence-corrected chi connectivity index (χ4v) is 5.50. The largest absolute Gasteiger partial charge is 0.419 e. The number of anilines is 1. The number of nitrogens with zero attached hydrogens (tertiary/aromatic N) is 4. The second-order valence-electron chi connectivity index (χ2n) is 11.0. The summed E-state index contributed by atoms with van der Waals surface area (Å²) in [7, 11) is -2.24. The number of aliphatic hydroxyl groups excluding tert-OH is 1. The van der Waals surface area contributed by atoms with E-state index in [2.05, 4.69) is 43.8 Å². The predicted octanol–water partition coefficient (Wildman–Crippen LogP) is 3.46. The number of halogens is 3. The Morgan fingerprint density at radius 3 is 2.34 bits per heavy atom. The van der Waals surface area contributed by atoms with Crippen LogP contribution in [0.5, 0.6) is 0 Å². The third kappa shape index (κ3) is 6.52. The van der Waals surface area contributed by atoms with Gasteiger partial charge in [0.2, 0.25) is 5.95 Å². The number of piperidine rings is 1. The minimum Gasteiger partial charge on any atom is -0.410 e. The Balaban J connectivity index is 1.81. The van der Waals surface area contributed by atoms with Gasteiger partial charge in [-0.25, -0.2) is 9.97 Å². The summed E-state index contributed by atoms with van der Waals surface area (Å²) < 4.78 is 51.2. The molecule has 4 atom stereocenters. The van der Waals surface area contributed by atoms with Crippen molar-refractivity contribution in [1.82, 2.24) is 14.9 Å². The highest BCUT2D eigenvalue weighted by atomic mass is 28.4. The number of rotatable bonds is 7. The van der Waals surface area contributed by atoms with E-state index in [4.69, 9.17) is 9.16 Å².